The van der Waals surface area contributed by atoms with Crippen molar-refractivity contribution in [1.29, 1.82) is 0 Å². The maximum absolute atomic E-state index is 12.1. The van der Waals surface area contributed by atoms with Crippen molar-refractivity contribution in [2.24, 2.45) is 0 Å². The molecule has 1 amide bonds. The van der Waals surface area contributed by atoms with E-state index in [0.29, 0.717) is 11.4 Å². The lowest BCUT2D eigenvalue weighted by molar-refractivity contribution is -0.116. The Morgan fingerprint density at radius 2 is 1.57 bits per heavy atom. The van der Waals surface area contributed by atoms with E-state index in [-0.39, 0.29) is 5.91 Å². The van der Waals surface area contributed by atoms with Crippen molar-refractivity contribution in [2.75, 3.05) is 21.6 Å². The third-order valence-corrected chi connectivity index (χ3v) is 3.59. The molecule has 122 valence electrons. The van der Waals surface area contributed by atoms with Crippen LogP contribution < -0.4 is 15.4 Å². The third kappa shape index (κ3) is 5.63. The predicted octanol–water partition coefficient (Wildman–Crippen LogP) is 2.50. The molecule has 0 spiro atoms. The monoisotopic (exact) mass is 333 g/mol. The molecule has 0 aliphatic rings. The molecule has 1 atom stereocenters. The molecule has 0 heterocycles. The van der Waals surface area contributed by atoms with Gasteiger partial charge in [-0.3, -0.25) is 9.52 Å². The molecule has 0 unspecified atom stereocenters. The SMILES string of the molecule is C[C@H](Nc1cccc(NS(C)(=O)=O)c1)C(=O)Nc1ccccc1. The van der Waals surface area contributed by atoms with E-state index in [4.69, 9.17) is 0 Å². The molecule has 6 nitrogen and oxygen atoms in total. The minimum absolute atomic E-state index is 0.183. The molecule has 0 saturated heterocycles. The van der Waals surface area contributed by atoms with E-state index < -0.39 is 16.1 Å². The minimum atomic E-state index is -3.34. The Labute approximate surface area is 136 Å². The number of hydrogen-bond donors (Lipinski definition) is 3. The number of carbonyl (C=O) groups is 1. The lowest BCUT2D eigenvalue weighted by atomic mass is 10.2. The number of sulfonamides is 1. The molecule has 0 saturated carbocycles. The molecular formula is C16H19N3O3S. The zero-order valence-corrected chi connectivity index (χ0v) is 13.7. The summed E-state index contributed by atoms with van der Waals surface area (Å²) in [6, 6.07) is 15.4. The van der Waals surface area contributed by atoms with Crippen molar-refractivity contribution in [3.8, 4) is 0 Å². The fraction of sp³-hybridized carbons (Fsp3) is 0.188. The van der Waals surface area contributed by atoms with E-state index in [1.807, 2.05) is 18.2 Å². The van der Waals surface area contributed by atoms with Crippen LogP contribution in [-0.4, -0.2) is 26.6 Å². The van der Waals surface area contributed by atoms with Gasteiger partial charge in [-0.15, -0.1) is 0 Å². The second kappa shape index (κ2) is 7.15. The Morgan fingerprint density at radius 1 is 0.957 bits per heavy atom. The van der Waals surface area contributed by atoms with Crippen molar-refractivity contribution < 1.29 is 13.2 Å². The van der Waals surface area contributed by atoms with Crippen LogP contribution in [0.4, 0.5) is 17.1 Å². The van der Waals surface area contributed by atoms with Gasteiger partial charge in [0.1, 0.15) is 6.04 Å². The van der Waals surface area contributed by atoms with Crippen molar-refractivity contribution in [3.05, 3.63) is 54.6 Å². The molecule has 0 aromatic heterocycles. The summed E-state index contributed by atoms with van der Waals surface area (Å²) in [5, 5.41) is 5.84. The van der Waals surface area contributed by atoms with E-state index in [1.165, 1.54) is 0 Å². The smallest absolute Gasteiger partial charge is 0.246 e. The topological polar surface area (TPSA) is 87.3 Å². The normalized spacial score (nSPS) is 12.3. The van der Waals surface area contributed by atoms with Gasteiger partial charge in [-0.25, -0.2) is 8.42 Å². The Kier molecular flexibility index (Phi) is 5.23. The molecular weight excluding hydrogens is 314 g/mol. The second-order valence-electron chi connectivity index (χ2n) is 5.18. The highest BCUT2D eigenvalue weighted by Gasteiger charge is 2.13. The first kappa shape index (κ1) is 16.8. The van der Waals surface area contributed by atoms with E-state index in [9.17, 15) is 13.2 Å². The number of anilines is 3. The van der Waals surface area contributed by atoms with Gasteiger partial charge in [0.2, 0.25) is 15.9 Å². The van der Waals surface area contributed by atoms with Gasteiger partial charge in [-0.1, -0.05) is 24.3 Å². The number of para-hydroxylation sites is 1. The Morgan fingerprint density at radius 3 is 2.22 bits per heavy atom. The van der Waals surface area contributed by atoms with Gasteiger partial charge in [0.05, 0.1) is 11.9 Å². The molecule has 3 N–H and O–H groups in total. The van der Waals surface area contributed by atoms with Gasteiger partial charge in [0, 0.05) is 11.4 Å². The molecule has 2 aromatic rings. The number of carbonyl (C=O) groups excluding carboxylic acids is 1. The molecule has 0 aliphatic carbocycles. The van der Waals surface area contributed by atoms with E-state index in [0.717, 1.165) is 11.9 Å². The van der Waals surface area contributed by atoms with Crippen LogP contribution in [0, 0.1) is 0 Å². The lowest BCUT2D eigenvalue weighted by Gasteiger charge is -2.16. The summed E-state index contributed by atoms with van der Waals surface area (Å²) in [5.41, 5.74) is 1.81. The summed E-state index contributed by atoms with van der Waals surface area (Å²) in [5.74, 6) is -0.183. The molecule has 0 bridgehead atoms. The Hall–Kier alpha value is -2.54. The van der Waals surface area contributed by atoms with Crippen LogP contribution in [0.15, 0.2) is 54.6 Å². The minimum Gasteiger partial charge on any atom is -0.374 e. The third-order valence-electron chi connectivity index (χ3n) is 2.98. The van der Waals surface area contributed by atoms with Gasteiger partial charge >= 0.3 is 0 Å². The fourth-order valence-corrected chi connectivity index (χ4v) is 2.53. The maximum atomic E-state index is 12.1. The second-order valence-corrected chi connectivity index (χ2v) is 6.92. The fourth-order valence-electron chi connectivity index (χ4n) is 1.97. The number of nitrogens with one attached hydrogen (secondary N) is 3. The van der Waals surface area contributed by atoms with Crippen molar-refractivity contribution in [3.63, 3.8) is 0 Å². The highest BCUT2D eigenvalue weighted by molar-refractivity contribution is 7.92. The first-order chi connectivity index (χ1) is 10.8. The summed E-state index contributed by atoms with van der Waals surface area (Å²) in [6.07, 6.45) is 1.09. The zero-order chi connectivity index (χ0) is 16.9. The van der Waals surface area contributed by atoms with Crippen molar-refractivity contribution in [1.82, 2.24) is 0 Å². The Bertz CT molecular complexity index is 776. The van der Waals surface area contributed by atoms with E-state index in [1.54, 1.807) is 43.3 Å². The van der Waals surface area contributed by atoms with Crippen LogP contribution >= 0.6 is 0 Å². The summed E-state index contributed by atoms with van der Waals surface area (Å²) in [6.45, 7) is 1.73. The molecule has 23 heavy (non-hydrogen) atoms. The number of hydrogen-bond acceptors (Lipinski definition) is 4. The first-order valence-corrected chi connectivity index (χ1v) is 8.93. The van der Waals surface area contributed by atoms with Gasteiger partial charge in [0.25, 0.3) is 0 Å². The zero-order valence-electron chi connectivity index (χ0n) is 12.9. The first-order valence-electron chi connectivity index (χ1n) is 7.04. The molecule has 2 rings (SSSR count). The molecule has 7 heteroatoms. The summed E-state index contributed by atoms with van der Waals surface area (Å²) in [7, 11) is -3.34. The summed E-state index contributed by atoms with van der Waals surface area (Å²) in [4.78, 5) is 12.1. The predicted molar refractivity (Wildman–Crippen MR) is 93.1 cm³/mol. The van der Waals surface area contributed by atoms with Crippen LogP contribution in [0.5, 0.6) is 0 Å². The molecule has 0 aliphatic heterocycles. The van der Waals surface area contributed by atoms with Crippen LogP contribution in [0.3, 0.4) is 0 Å². The maximum Gasteiger partial charge on any atom is 0.246 e. The number of amides is 1. The molecule has 0 fully saturated rings. The van der Waals surface area contributed by atoms with Gasteiger partial charge in [-0.05, 0) is 37.3 Å². The van der Waals surface area contributed by atoms with Gasteiger partial charge in [0.15, 0.2) is 0 Å². The summed E-state index contributed by atoms with van der Waals surface area (Å²) < 4.78 is 24.9. The van der Waals surface area contributed by atoms with Crippen LogP contribution in [0.25, 0.3) is 0 Å². The Balaban J connectivity index is 2.01. The average molecular weight is 333 g/mol. The van der Waals surface area contributed by atoms with E-state index >= 15 is 0 Å². The van der Waals surface area contributed by atoms with Gasteiger partial charge in [-0.2, -0.15) is 0 Å². The molecule has 2 aromatic carbocycles. The standard InChI is InChI=1S/C16H19N3O3S/c1-12(16(20)18-13-7-4-3-5-8-13)17-14-9-6-10-15(11-14)19-23(2,21)22/h3-12,17,19H,1-2H3,(H,18,20)/t12-/m0/s1. The van der Waals surface area contributed by atoms with Crippen LogP contribution in [0.2, 0.25) is 0 Å². The van der Waals surface area contributed by atoms with Crippen molar-refractivity contribution in [2.45, 2.75) is 13.0 Å². The lowest BCUT2D eigenvalue weighted by Crippen LogP contribution is -2.31. The number of benzene rings is 2. The van der Waals surface area contributed by atoms with Crippen molar-refractivity contribution >= 4 is 33.0 Å². The van der Waals surface area contributed by atoms with Crippen LogP contribution in [0.1, 0.15) is 6.92 Å². The van der Waals surface area contributed by atoms with Gasteiger partial charge < -0.3 is 10.6 Å². The highest BCUT2D eigenvalue weighted by atomic mass is 32.2. The highest BCUT2D eigenvalue weighted by Crippen LogP contribution is 2.17. The number of rotatable bonds is 6. The molecule has 0 radical (unpaired) electrons. The van der Waals surface area contributed by atoms with E-state index in [2.05, 4.69) is 15.4 Å². The largest absolute Gasteiger partial charge is 0.374 e. The quantitative estimate of drug-likeness (QED) is 0.758. The average Bonchev–Trinajstić information content (AvgIpc) is 2.46. The summed E-state index contributed by atoms with van der Waals surface area (Å²) >= 11 is 0. The van der Waals surface area contributed by atoms with Crippen LogP contribution in [-0.2, 0) is 14.8 Å².